The third kappa shape index (κ3) is 4.22. The third-order valence-corrected chi connectivity index (χ3v) is 5.80. The van der Waals surface area contributed by atoms with Crippen molar-refractivity contribution in [2.75, 3.05) is 21.2 Å². The van der Waals surface area contributed by atoms with E-state index in [9.17, 15) is 13.2 Å². The summed E-state index contributed by atoms with van der Waals surface area (Å²) >= 11 is 1.35. The lowest BCUT2D eigenvalue weighted by molar-refractivity contribution is -0.140. The average Bonchev–Trinajstić information content (AvgIpc) is 2.38. The minimum Gasteiger partial charge on any atom is -0.469 e. The number of benzene rings is 1. The van der Waals surface area contributed by atoms with Gasteiger partial charge < -0.3 is 4.74 Å². The Morgan fingerprint density at radius 2 is 1.95 bits per heavy atom. The number of sulfonamides is 1. The Bertz CT molecular complexity index is 569. The van der Waals surface area contributed by atoms with Gasteiger partial charge in [0.1, 0.15) is 0 Å². The van der Waals surface area contributed by atoms with E-state index in [1.54, 1.807) is 24.3 Å². The smallest absolute Gasteiger partial charge is 0.306 e. The molecule has 0 N–H and O–H groups in total. The molecule has 1 rings (SSSR count). The van der Waals surface area contributed by atoms with Crippen LogP contribution in [-0.4, -0.2) is 45.1 Å². The Kier molecular flexibility index (Phi) is 6.04. The van der Waals surface area contributed by atoms with Crippen LogP contribution in [0, 0.1) is 0 Å². The summed E-state index contributed by atoms with van der Waals surface area (Å²) in [5, 5.41) is -0.0686. The fourth-order valence-electron chi connectivity index (χ4n) is 1.53. The van der Waals surface area contributed by atoms with Gasteiger partial charge in [0.05, 0.1) is 18.4 Å². The molecule has 5 nitrogen and oxygen atoms in total. The molecule has 0 radical (unpaired) electrons. The Hall–Kier alpha value is -1.05. The number of hydrogen-bond acceptors (Lipinski definition) is 5. The van der Waals surface area contributed by atoms with E-state index in [1.807, 2.05) is 6.92 Å². The maximum atomic E-state index is 12.2. The van der Waals surface area contributed by atoms with E-state index in [4.69, 9.17) is 0 Å². The number of methoxy groups -OCH3 is 1. The number of nitrogens with zero attached hydrogens (tertiary/aromatic N) is 1. The molecule has 20 heavy (non-hydrogen) atoms. The van der Waals surface area contributed by atoms with Crippen molar-refractivity contribution < 1.29 is 17.9 Å². The molecular weight excluding hydrogens is 298 g/mol. The van der Waals surface area contributed by atoms with Crippen LogP contribution in [0.2, 0.25) is 0 Å². The van der Waals surface area contributed by atoms with Crippen molar-refractivity contribution in [3.05, 3.63) is 24.3 Å². The zero-order valence-electron chi connectivity index (χ0n) is 12.0. The molecule has 0 aliphatic rings. The topological polar surface area (TPSA) is 63.7 Å². The maximum absolute atomic E-state index is 12.2. The van der Waals surface area contributed by atoms with Gasteiger partial charge in [-0.25, -0.2) is 12.7 Å². The van der Waals surface area contributed by atoms with E-state index in [-0.39, 0.29) is 22.5 Å². The second-order valence-corrected chi connectivity index (χ2v) is 8.04. The predicted octanol–water partition coefficient (Wildman–Crippen LogP) is 1.98. The molecule has 0 fully saturated rings. The Morgan fingerprint density at radius 3 is 2.50 bits per heavy atom. The molecule has 0 saturated carbocycles. The quantitative estimate of drug-likeness (QED) is 0.593. The van der Waals surface area contributed by atoms with Crippen LogP contribution in [0.15, 0.2) is 34.1 Å². The highest BCUT2D eigenvalue weighted by Gasteiger charge is 2.22. The number of thioether (sulfide) groups is 1. The molecule has 0 amide bonds. The van der Waals surface area contributed by atoms with Gasteiger partial charge in [0.25, 0.3) is 0 Å². The summed E-state index contributed by atoms with van der Waals surface area (Å²) in [7, 11) is 0.836. The van der Waals surface area contributed by atoms with Crippen molar-refractivity contribution in [2.45, 2.75) is 28.4 Å². The van der Waals surface area contributed by atoms with E-state index in [0.29, 0.717) is 4.90 Å². The van der Waals surface area contributed by atoms with Crippen LogP contribution >= 0.6 is 11.8 Å². The first kappa shape index (κ1) is 17.0. The van der Waals surface area contributed by atoms with Crippen LogP contribution < -0.4 is 0 Å². The van der Waals surface area contributed by atoms with Crippen LogP contribution in [0.4, 0.5) is 0 Å². The fraction of sp³-hybridized carbons (Fsp3) is 0.462. The van der Waals surface area contributed by atoms with Crippen molar-refractivity contribution in [1.29, 1.82) is 0 Å². The van der Waals surface area contributed by atoms with Crippen molar-refractivity contribution in [3.8, 4) is 0 Å². The van der Waals surface area contributed by atoms with Crippen molar-refractivity contribution >= 4 is 27.8 Å². The third-order valence-electron chi connectivity index (χ3n) is 2.62. The molecule has 7 heteroatoms. The molecule has 0 aliphatic heterocycles. The minimum absolute atomic E-state index is 0.0686. The second-order valence-electron chi connectivity index (χ2n) is 4.44. The molecule has 1 atom stereocenters. The van der Waals surface area contributed by atoms with Gasteiger partial charge >= 0.3 is 5.97 Å². The van der Waals surface area contributed by atoms with Crippen LogP contribution in [0.5, 0.6) is 0 Å². The van der Waals surface area contributed by atoms with Crippen molar-refractivity contribution in [3.63, 3.8) is 0 Å². The zero-order valence-corrected chi connectivity index (χ0v) is 13.6. The molecule has 1 aromatic carbocycles. The monoisotopic (exact) mass is 317 g/mol. The maximum Gasteiger partial charge on any atom is 0.306 e. The highest BCUT2D eigenvalue weighted by atomic mass is 32.2. The highest BCUT2D eigenvalue weighted by molar-refractivity contribution is 8.00. The summed E-state index contributed by atoms with van der Waals surface area (Å²) in [6.07, 6.45) is 0.234. The lowest BCUT2D eigenvalue weighted by Gasteiger charge is -2.16. The van der Waals surface area contributed by atoms with Crippen molar-refractivity contribution in [2.24, 2.45) is 0 Å². The molecule has 0 saturated heterocycles. The van der Waals surface area contributed by atoms with Gasteiger partial charge in [0.15, 0.2) is 0 Å². The summed E-state index contributed by atoms with van der Waals surface area (Å²) in [5.41, 5.74) is 0. The fourth-order valence-corrected chi connectivity index (χ4v) is 3.95. The Labute approximate surface area is 124 Å². The highest BCUT2D eigenvalue weighted by Crippen LogP contribution is 2.32. The first-order valence-corrected chi connectivity index (χ1v) is 8.36. The number of ether oxygens (including phenoxy) is 1. The number of rotatable bonds is 6. The van der Waals surface area contributed by atoms with E-state index >= 15 is 0 Å². The number of hydrogen-bond donors (Lipinski definition) is 0. The standard InChI is InChI=1S/C13H19NO4S2/c1-10(9-13(15)18-4)19-11-7-5-6-8-12(11)20(16,17)14(2)3/h5-8,10H,9H2,1-4H3. The summed E-state index contributed by atoms with van der Waals surface area (Å²) in [5.74, 6) is -0.307. The normalized spacial score (nSPS) is 13.2. The van der Waals surface area contributed by atoms with E-state index in [1.165, 1.54) is 37.3 Å². The largest absolute Gasteiger partial charge is 0.469 e. The Balaban J connectivity index is 3.00. The van der Waals surface area contributed by atoms with E-state index in [0.717, 1.165) is 0 Å². The molecule has 0 heterocycles. The minimum atomic E-state index is -3.49. The molecular formula is C13H19NO4S2. The summed E-state index contributed by atoms with van der Waals surface area (Å²) in [6.45, 7) is 1.86. The van der Waals surface area contributed by atoms with Gasteiger partial charge in [-0.05, 0) is 12.1 Å². The van der Waals surface area contributed by atoms with Crippen LogP contribution in [0.1, 0.15) is 13.3 Å². The van der Waals surface area contributed by atoms with E-state index in [2.05, 4.69) is 4.74 Å². The molecule has 0 bridgehead atoms. The van der Waals surface area contributed by atoms with Crippen molar-refractivity contribution in [1.82, 2.24) is 4.31 Å². The predicted molar refractivity (Wildman–Crippen MR) is 79.3 cm³/mol. The molecule has 1 unspecified atom stereocenters. The summed E-state index contributed by atoms with van der Waals surface area (Å²) in [6, 6.07) is 6.78. The molecule has 0 spiro atoms. The van der Waals surface area contributed by atoms with Crippen LogP contribution in [0.25, 0.3) is 0 Å². The van der Waals surface area contributed by atoms with Gasteiger partial charge in [-0.15, -0.1) is 11.8 Å². The van der Waals surface area contributed by atoms with Crippen LogP contribution in [0.3, 0.4) is 0 Å². The SMILES string of the molecule is COC(=O)CC(C)Sc1ccccc1S(=O)(=O)N(C)C. The molecule has 1 aromatic rings. The molecule has 112 valence electrons. The van der Waals surface area contributed by atoms with Gasteiger partial charge in [-0.3, -0.25) is 4.79 Å². The van der Waals surface area contributed by atoms with Gasteiger partial charge in [-0.2, -0.15) is 0 Å². The zero-order chi connectivity index (χ0) is 15.3. The Morgan fingerprint density at radius 1 is 1.35 bits per heavy atom. The van der Waals surface area contributed by atoms with Crippen LogP contribution in [-0.2, 0) is 19.6 Å². The van der Waals surface area contributed by atoms with Gasteiger partial charge in [-0.1, -0.05) is 19.1 Å². The average molecular weight is 317 g/mol. The summed E-state index contributed by atoms with van der Waals surface area (Å²) in [4.78, 5) is 12.1. The summed E-state index contributed by atoms with van der Waals surface area (Å²) < 4.78 is 30.3. The van der Waals surface area contributed by atoms with Gasteiger partial charge in [0, 0.05) is 24.2 Å². The number of esters is 1. The molecule has 0 aliphatic carbocycles. The first-order valence-electron chi connectivity index (χ1n) is 6.04. The first-order chi connectivity index (χ1) is 9.28. The second kappa shape index (κ2) is 7.10. The lowest BCUT2D eigenvalue weighted by atomic mass is 10.3. The number of carbonyl (C=O) groups excluding carboxylic acids is 1. The molecule has 0 aromatic heterocycles. The van der Waals surface area contributed by atoms with Gasteiger partial charge in [0.2, 0.25) is 10.0 Å². The number of carbonyl (C=O) groups is 1. The lowest BCUT2D eigenvalue weighted by Crippen LogP contribution is -2.23. The van der Waals surface area contributed by atoms with E-state index < -0.39 is 10.0 Å².